The first-order valence-corrected chi connectivity index (χ1v) is 7.09. The number of hydrogen-bond acceptors (Lipinski definition) is 5. The van der Waals surface area contributed by atoms with Crippen molar-refractivity contribution in [2.75, 3.05) is 10.6 Å². The lowest BCUT2D eigenvalue weighted by Gasteiger charge is -2.19. The van der Waals surface area contributed by atoms with Crippen LogP contribution in [0.1, 0.15) is 26.3 Å². The fourth-order valence-electron chi connectivity index (χ4n) is 1.74. The third kappa shape index (κ3) is 5.32. The van der Waals surface area contributed by atoms with Crippen LogP contribution in [-0.2, 0) is 4.74 Å². The van der Waals surface area contributed by atoms with Gasteiger partial charge in [0.05, 0.1) is 23.5 Å². The monoisotopic (exact) mass is 310 g/mol. The van der Waals surface area contributed by atoms with E-state index in [9.17, 15) is 4.79 Å². The zero-order valence-corrected chi connectivity index (χ0v) is 13.3. The van der Waals surface area contributed by atoms with Crippen molar-refractivity contribution in [2.24, 2.45) is 0 Å². The van der Waals surface area contributed by atoms with Crippen molar-refractivity contribution in [2.45, 2.75) is 26.4 Å². The molecule has 0 unspecified atom stereocenters. The van der Waals surface area contributed by atoms with Gasteiger partial charge in [0.1, 0.15) is 11.4 Å². The van der Waals surface area contributed by atoms with Gasteiger partial charge in [0, 0.05) is 5.69 Å². The summed E-state index contributed by atoms with van der Waals surface area (Å²) in [6.07, 6.45) is 1.06. The predicted molar refractivity (Wildman–Crippen MR) is 88.5 cm³/mol. The minimum Gasteiger partial charge on any atom is -0.444 e. The van der Waals surface area contributed by atoms with E-state index in [1.165, 1.54) is 0 Å². The van der Waals surface area contributed by atoms with Crippen molar-refractivity contribution >= 4 is 23.3 Å². The Morgan fingerprint density at radius 1 is 1.13 bits per heavy atom. The van der Waals surface area contributed by atoms with Crippen molar-refractivity contribution in [3.63, 3.8) is 0 Å². The number of aromatic nitrogens is 1. The number of hydrogen-bond donors (Lipinski definition) is 2. The van der Waals surface area contributed by atoms with E-state index < -0.39 is 11.7 Å². The van der Waals surface area contributed by atoms with Crippen LogP contribution in [-0.4, -0.2) is 16.7 Å². The van der Waals surface area contributed by atoms with Gasteiger partial charge in [-0.25, -0.2) is 9.78 Å². The van der Waals surface area contributed by atoms with Crippen LogP contribution in [0.2, 0.25) is 0 Å². The van der Waals surface area contributed by atoms with Gasteiger partial charge in [0.15, 0.2) is 0 Å². The van der Waals surface area contributed by atoms with Gasteiger partial charge in [-0.15, -0.1) is 0 Å². The first-order valence-electron chi connectivity index (χ1n) is 7.09. The minimum atomic E-state index is -0.554. The summed E-state index contributed by atoms with van der Waals surface area (Å²) in [6.45, 7) is 5.39. The highest BCUT2D eigenvalue weighted by Gasteiger charge is 2.16. The molecule has 1 heterocycles. The van der Waals surface area contributed by atoms with Crippen LogP contribution < -0.4 is 10.6 Å². The van der Waals surface area contributed by atoms with Gasteiger partial charge in [0.2, 0.25) is 0 Å². The highest BCUT2D eigenvalue weighted by atomic mass is 16.6. The summed E-state index contributed by atoms with van der Waals surface area (Å²) in [5.41, 5.74) is 1.66. The van der Waals surface area contributed by atoms with Crippen LogP contribution >= 0.6 is 0 Å². The summed E-state index contributed by atoms with van der Waals surface area (Å²) in [5.74, 6) is 0.407. The topological polar surface area (TPSA) is 87.0 Å². The Bertz CT molecular complexity index is 710. The first-order chi connectivity index (χ1) is 10.9. The molecule has 0 saturated heterocycles. The molecular weight excluding hydrogens is 292 g/mol. The van der Waals surface area contributed by atoms with Crippen molar-refractivity contribution in [1.29, 1.82) is 5.26 Å². The molecule has 6 nitrogen and oxygen atoms in total. The minimum absolute atomic E-state index is 0.407. The quantitative estimate of drug-likeness (QED) is 0.893. The number of carbonyl (C=O) groups excluding carboxylic acids is 1. The summed E-state index contributed by atoms with van der Waals surface area (Å²) < 4.78 is 5.16. The highest BCUT2D eigenvalue weighted by molar-refractivity contribution is 5.83. The van der Waals surface area contributed by atoms with Gasteiger partial charge >= 0.3 is 6.09 Å². The average molecular weight is 310 g/mol. The second kappa shape index (κ2) is 6.79. The Hall–Kier alpha value is -3.07. The summed E-state index contributed by atoms with van der Waals surface area (Å²) >= 11 is 0. The van der Waals surface area contributed by atoms with Crippen LogP contribution in [0.25, 0.3) is 0 Å². The van der Waals surface area contributed by atoms with E-state index in [1.807, 2.05) is 12.1 Å². The zero-order chi connectivity index (χ0) is 16.9. The predicted octanol–water partition coefficient (Wildman–Crippen LogP) is 4.04. The maximum Gasteiger partial charge on any atom is 0.413 e. The van der Waals surface area contributed by atoms with Gasteiger partial charge < -0.3 is 10.1 Å². The number of nitrogens with zero attached hydrogens (tertiary/aromatic N) is 2. The smallest absolute Gasteiger partial charge is 0.413 e. The fraction of sp³-hybridized carbons (Fsp3) is 0.235. The van der Waals surface area contributed by atoms with Gasteiger partial charge in [0.25, 0.3) is 0 Å². The Morgan fingerprint density at radius 2 is 1.78 bits per heavy atom. The average Bonchev–Trinajstić information content (AvgIpc) is 2.48. The second-order valence-corrected chi connectivity index (χ2v) is 5.87. The normalized spacial score (nSPS) is 10.5. The molecule has 2 rings (SSSR count). The molecule has 1 aromatic heterocycles. The number of anilines is 3. The molecule has 2 N–H and O–H groups in total. The van der Waals surface area contributed by atoms with Gasteiger partial charge in [-0.2, -0.15) is 5.26 Å². The Morgan fingerprint density at radius 3 is 2.30 bits per heavy atom. The number of carbonyl (C=O) groups is 1. The number of ether oxygens (including phenoxy) is 1. The zero-order valence-electron chi connectivity index (χ0n) is 13.3. The van der Waals surface area contributed by atoms with Crippen LogP contribution in [0, 0.1) is 11.3 Å². The number of nitrogens with one attached hydrogen (secondary N) is 2. The summed E-state index contributed by atoms with van der Waals surface area (Å²) in [4.78, 5) is 15.8. The number of amides is 1. The molecule has 0 spiro atoms. The number of rotatable bonds is 3. The molecule has 1 aromatic carbocycles. The van der Waals surface area contributed by atoms with Gasteiger partial charge in [-0.3, -0.25) is 5.32 Å². The lowest BCUT2D eigenvalue weighted by atomic mass is 10.2. The maximum absolute atomic E-state index is 11.6. The van der Waals surface area contributed by atoms with E-state index in [4.69, 9.17) is 10.00 Å². The van der Waals surface area contributed by atoms with Crippen LogP contribution in [0.4, 0.5) is 22.0 Å². The van der Waals surface area contributed by atoms with E-state index >= 15 is 0 Å². The summed E-state index contributed by atoms with van der Waals surface area (Å²) in [6, 6.07) is 12.6. The van der Waals surface area contributed by atoms with Gasteiger partial charge in [-0.05, 0) is 57.2 Å². The van der Waals surface area contributed by atoms with Crippen molar-refractivity contribution in [1.82, 2.24) is 4.98 Å². The molecule has 0 fully saturated rings. The standard InChI is InChI=1S/C17H18N4O2/c1-17(2,3)23-16(22)21-15-9-8-14(11-19-15)20-13-6-4-12(10-18)5-7-13/h4-9,11,20H,1-3H3,(H,19,21,22). The molecule has 0 aliphatic heterocycles. The van der Waals surface area contributed by atoms with E-state index in [2.05, 4.69) is 21.7 Å². The third-order valence-corrected chi connectivity index (χ3v) is 2.70. The number of pyridine rings is 1. The van der Waals surface area contributed by atoms with E-state index in [1.54, 1.807) is 51.2 Å². The molecule has 1 amide bonds. The van der Waals surface area contributed by atoms with Crippen molar-refractivity contribution < 1.29 is 9.53 Å². The number of benzene rings is 1. The molecule has 0 aliphatic rings. The molecule has 0 radical (unpaired) electrons. The molecule has 2 aromatic rings. The summed E-state index contributed by atoms with van der Waals surface area (Å²) in [5, 5.41) is 14.5. The van der Waals surface area contributed by atoms with Gasteiger partial charge in [-0.1, -0.05) is 0 Å². The Balaban J connectivity index is 1.96. The van der Waals surface area contributed by atoms with E-state index in [0.717, 1.165) is 11.4 Å². The summed E-state index contributed by atoms with van der Waals surface area (Å²) in [7, 11) is 0. The van der Waals surface area contributed by atoms with E-state index in [-0.39, 0.29) is 0 Å². The molecule has 0 atom stereocenters. The SMILES string of the molecule is CC(C)(C)OC(=O)Nc1ccc(Nc2ccc(C#N)cc2)cn1. The molecule has 0 aliphatic carbocycles. The molecule has 23 heavy (non-hydrogen) atoms. The fourth-order valence-corrected chi connectivity index (χ4v) is 1.74. The maximum atomic E-state index is 11.6. The second-order valence-electron chi connectivity index (χ2n) is 5.87. The number of nitriles is 1. The largest absolute Gasteiger partial charge is 0.444 e. The van der Waals surface area contributed by atoms with Crippen LogP contribution in [0.3, 0.4) is 0 Å². The lowest BCUT2D eigenvalue weighted by Crippen LogP contribution is -2.27. The van der Waals surface area contributed by atoms with Crippen LogP contribution in [0.5, 0.6) is 0 Å². The highest BCUT2D eigenvalue weighted by Crippen LogP contribution is 2.18. The van der Waals surface area contributed by atoms with Crippen molar-refractivity contribution in [3.8, 4) is 6.07 Å². The molecule has 118 valence electrons. The lowest BCUT2D eigenvalue weighted by molar-refractivity contribution is 0.0635. The van der Waals surface area contributed by atoms with Crippen LogP contribution in [0.15, 0.2) is 42.6 Å². The Labute approximate surface area is 135 Å². The molecule has 0 bridgehead atoms. The molecular formula is C17H18N4O2. The van der Waals surface area contributed by atoms with Crippen molar-refractivity contribution in [3.05, 3.63) is 48.2 Å². The van der Waals surface area contributed by atoms with E-state index in [0.29, 0.717) is 11.4 Å². The molecule has 6 heteroatoms. The third-order valence-electron chi connectivity index (χ3n) is 2.70. The first kappa shape index (κ1) is 16.3. The molecule has 0 saturated carbocycles. The Kier molecular flexibility index (Phi) is 4.82.